The van der Waals surface area contributed by atoms with Crippen molar-refractivity contribution in [2.75, 3.05) is 33.5 Å². The quantitative estimate of drug-likeness (QED) is 0.711. The van der Waals surface area contributed by atoms with Gasteiger partial charge in [-0.3, -0.25) is 0 Å². The molecule has 0 aliphatic carbocycles. The number of hydrogen-bond acceptors (Lipinski definition) is 4. The van der Waals surface area contributed by atoms with Gasteiger partial charge in [-0.15, -0.1) is 0 Å². The molecule has 4 nitrogen and oxygen atoms in total. The Morgan fingerprint density at radius 3 is 3.05 bits per heavy atom. The van der Waals surface area contributed by atoms with Crippen LogP contribution in [0.2, 0.25) is 0 Å². The molecule has 118 valence electrons. The zero-order valence-corrected chi connectivity index (χ0v) is 12.6. The van der Waals surface area contributed by atoms with Gasteiger partial charge in [-0.25, -0.2) is 4.39 Å². The maximum absolute atomic E-state index is 13.4. The first-order chi connectivity index (χ1) is 10.3. The van der Waals surface area contributed by atoms with E-state index in [1.54, 1.807) is 13.2 Å². The van der Waals surface area contributed by atoms with Crippen LogP contribution in [0.3, 0.4) is 0 Å². The molecule has 0 aromatic heterocycles. The number of rotatable bonds is 9. The van der Waals surface area contributed by atoms with Crippen LogP contribution in [0, 0.1) is 5.82 Å². The highest BCUT2D eigenvalue weighted by molar-refractivity contribution is 5.33. The number of methoxy groups -OCH3 is 1. The molecule has 2 rings (SSSR count). The van der Waals surface area contributed by atoms with Crippen LogP contribution in [0.15, 0.2) is 18.2 Å². The molecule has 0 amide bonds. The lowest BCUT2D eigenvalue weighted by atomic mass is 10.2. The van der Waals surface area contributed by atoms with Crippen molar-refractivity contribution in [3.63, 3.8) is 0 Å². The van der Waals surface area contributed by atoms with E-state index in [9.17, 15) is 4.39 Å². The molecule has 0 spiro atoms. The molecular formula is C16H24FNO3. The lowest BCUT2D eigenvalue weighted by Gasteiger charge is -2.14. The van der Waals surface area contributed by atoms with E-state index in [1.165, 1.54) is 12.1 Å². The standard InChI is InChI=1S/C16H24FNO3/c1-19-10-7-18-12-13-11-14(17)4-5-16(13)21-9-6-15-3-2-8-20-15/h4-5,11,15,18H,2-3,6-10,12H2,1H3. The summed E-state index contributed by atoms with van der Waals surface area (Å²) < 4.78 is 29.7. The SMILES string of the molecule is COCCNCc1cc(F)ccc1OCCC1CCCO1. The van der Waals surface area contributed by atoms with Crippen molar-refractivity contribution in [2.45, 2.75) is 31.9 Å². The first-order valence-electron chi connectivity index (χ1n) is 7.52. The first kappa shape index (κ1) is 16.2. The van der Waals surface area contributed by atoms with Gasteiger partial charge in [0.1, 0.15) is 11.6 Å². The summed E-state index contributed by atoms with van der Waals surface area (Å²) in [6.07, 6.45) is 3.44. The Labute approximate surface area is 125 Å². The van der Waals surface area contributed by atoms with Gasteiger partial charge in [-0.1, -0.05) is 0 Å². The minimum absolute atomic E-state index is 0.245. The van der Waals surface area contributed by atoms with Crippen molar-refractivity contribution in [2.24, 2.45) is 0 Å². The van der Waals surface area contributed by atoms with E-state index in [0.29, 0.717) is 25.9 Å². The summed E-state index contributed by atoms with van der Waals surface area (Å²) in [4.78, 5) is 0. The third-order valence-corrected chi connectivity index (χ3v) is 3.54. The summed E-state index contributed by atoms with van der Waals surface area (Å²) in [5, 5.41) is 3.21. The molecule has 1 N–H and O–H groups in total. The summed E-state index contributed by atoms with van der Waals surface area (Å²) in [5.74, 6) is 0.490. The molecule has 1 aliphatic rings. The lowest BCUT2D eigenvalue weighted by Crippen LogP contribution is -2.19. The summed E-state index contributed by atoms with van der Waals surface area (Å²) in [6, 6.07) is 4.64. The highest BCUT2D eigenvalue weighted by atomic mass is 19.1. The molecule has 21 heavy (non-hydrogen) atoms. The van der Waals surface area contributed by atoms with Crippen LogP contribution in [0.5, 0.6) is 5.75 Å². The Hall–Kier alpha value is -1.17. The van der Waals surface area contributed by atoms with Crippen molar-refractivity contribution in [3.05, 3.63) is 29.6 Å². The zero-order valence-electron chi connectivity index (χ0n) is 12.6. The molecule has 1 atom stereocenters. The average molecular weight is 297 g/mol. The molecule has 1 aromatic carbocycles. The highest BCUT2D eigenvalue weighted by Crippen LogP contribution is 2.21. The number of halogens is 1. The van der Waals surface area contributed by atoms with Crippen LogP contribution >= 0.6 is 0 Å². The number of ether oxygens (including phenoxy) is 3. The second kappa shape index (κ2) is 8.97. The van der Waals surface area contributed by atoms with Crippen molar-refractivity contribution in [1.82, 2.24) is 5.32 Å². The molecule has 1 aliphatic heterocycles. The molecule has 1 heterocycles. The highest BCUT2D eigenvalue weighted by Gasteiger charge is 2.15. The molecule has 1 aromatic rings. The smallest absolute Gasteiger partial charge is 0.123 e. The van der Waals surface area contributed by atoms with Crippen molar-refractivity contribution in [1.29, 1.82) is 0 Å². The largest absolute Gasteiger partial charge is 0.493 e. The summed E-state index contributed by atoms with van der Waals surface area (Å²) >= 11 is 0. The topological polar surface area (TPSA) is 39.7 Å². The van der Waals surface area contributed by atoms with Crippen LogP contribution < -0.4 is 10.1 Å². The zero-order chi connectivity index (χ0) is 14.9. The van der Waals surface area contributed by atoms with Gasteiger partial charge in [0, 0.05) is 38.8 Å². The van der Waals surface area contributed by atoms with E-state index < -0.39 is 0 Å². The number of benzene rings is 1. The van der Waals surface area contributed by atoms with Gasteiger partial charge in [-0.05, 0) is 31.0 Å². The Balaban J connectivity index is 1.81. The molecule has 1 saturated heterocycles. The monoisotopic (exact) mass is 297 g/mol. The van der Waals surface area contributed by atoms with Crippen LogP contribution in [-0.4, -0.2) is 39.6 Å². The predicted molar refractivity (Wildman–Crippen MR) is 79.1 cm³/mol. The van der Waals surface area contributed by atoms with Gasteiger partial charge in [0.2, 0.25) is 0 Å². The van der Waals surface area contributed by atoms with Crippen LogP contribution in [0.4, 0.5) is 4.39 Å². The van der Waals surface area contributed by atoms with E-state index in [4.69, 9.17) is 14.2 Å². The average Bonchev–Trinajstić information content (AvgIpc) is 2.99. The van der Waals surface area contributed by atoms with Crippen molar-refractivity contribution >= 4 is 0 Å². The number of hydrogen-bond donors (Lipinski definition) is 1. The molecule has 0 radical (unpaired) electrons. The van der Waals surface area contributed by atoms with Gasteiger partial charge < -0.3 is 19.5 Å². The molecule has 5 heteroatoms. The second-order valence-electron chi connectivity index (χ2n) is 5.19. The fourth-order valence-electron chi connectivity index (χ4n) is 2.40. The summed E-state index contributed by atoms with van der Waals surface area (Å²) in [6.45, 7) is 3.38. The summed E-state index contributed by atoms with van der Waals surface area (Å²) in [7, 11) is 1.66. The lowest BCUT2D eigenvalue weighted by molar-refractivity contribution is 0.0901. The fourth-order valence-corrected chi connectivity index (χ4v) is 2.40. The van der Waals surface area contributed by atoms with Crippen LogP contribution in [0.25, 0.3) is 0 Å². The van der Waals surface area contributed by atoms with E-state index in [-0.39, 0.29) is 5.82 Å². The normalized spacial score (nSPS) is 18.1. The second-order valence-corrected chi connectivity index (χ2v) is 5.19. The maximum Gasteiger partial charge on any atom is 0.123 e. The van der Waals surface area contributed by atoms with Crippen LogP contribution in [0.1, 0.15) is 24.8 Å². The maximum atomic E-state index is 13.4. The van der Waals surface area contributed by atoms with E-state index >= 15 is 0 Å². The fraction of sp³-hybridized carbons (Fsp3) is 0.625. The Kier molecular flexibility index (Phi) is 6.92. The molecule has 1 fully saturated rings. The number of nitrogens with one attached hydrogen (secondary N) is 1. The van der Waals surface area contributed by atoms with Gasteiger partial charge in [-0.2, -0.15) is 0 Å². The van der Waals surface area contributed by atoms with E-state index in [0.717, 1.165) is 43.7 Å². The minimum atomic E-state index is -0.245. The van der Waals surface area contributed by atoms with Gasteiger partial charge in [0.25, 0.3) is 0 Å². The molecule has 1 unspecified atom stereocenters. The Bertz CT molecular complexity index is 422. The van der Waals surface area contributed by atoms with E-state index in [1.807, 2.05) is 0 Å². The molecular weight excluding hydrogens is 273 g/mol. The third kappa shape index (κ3) is 5.61. The van der Waals surface area contributed by atoms with Crippen molar-refractivity contribution < 1.29 is 18.6 Å². The first-order valence-corrected chi connectivity index (χ1v) is 7.52. The van der Waals surface area contributed by atoms with Gasteiger partial charge >= 0.3 is 0 Å². The van der Waals surface area contributed by atoms with E-state index in [2.05, 4.69) is 5.32 Å². The summed E-state index contributed by atoms with van der Waals surface area (Å²) in [5.41, 5.74) is 0.832. The van der Waals surface area contributed by atoms with Crippen LogP contribution in [-0.2, 0) is 16.0 Å². The predicted octanol–water partition coefficient (Wildman–Crippen LogP) is 2.51. The molecule has 0 saturated carbocycles. The van der Waals surface area contributed by atoms with Gasteiger partial charge in [0.05, 0.1) is 19.3 Å². The third-order valence-electron chi connectivity index (χ3n) is 3.54. The van der Waals surface area contributed by atoms with Gasteiger partial charge in [0.15, 0.2) is 0 Å². The minimum Gasteiger partial charge on any atom is -0.493 e. The Morgan fingerprint density at radius 1 is 1.38 bits per heavy atom. The molecule has 0 bridgehead atoms. The van der Waals surface area contributed by atoms with Crippen molar-refractivity contribution in [3.8, 4) is 5.75 Å². The Morgan fingerprint density at radius 2 is 2.29 bits per heavy atom.